The first kappa shape index (κ1) is 18.4. The molecule has 6 heteroatoms. The summed E-state index contributed by atoms with van der Waals surface area (Å²) in [4.78, 5) is 11.2. The molecule has 1 unspecified atom stereocenters. The second-order valence-corrected chi connectivity index (χ2v) is 7.58. The number of ether oxygens (including phenoxy) is 2. The molecule has 3 rings (SSSR count). The first-order chi connectivity index (χ1) is 12.3. The largest absolute Gasteiger partial charge is 0.496 e. The Morgan fingerprint density at radius 1 is 1.15 bits per heavy atom. The van der Waals surface area contributed by atoms with Crippen LogP contribution in [-0.2, 0) is 6.42 Å². The highest BCUT2D eigenvalue weighted by Gasteiger charge is 2.40. The van der Waals surface area contributed by atoms with E-state index in [2.05, 4.69) is 19.2 Å². The van der Waals surface area contributed by atoms with Crippen LogP contribution in [0, 0.1) is 5.41 Å². The van der Waals surface area contributed by atoms with E-state index in [4.69, 9.17) is 21.1 Å². The van der Waals surface area contributed by atoms with Crippen LogP contribution in [0.4, 0.5) is 4.79 Å². The summed E-state index contributed by atoms with van der Waals surface area (Å²) in [6, 6.07) is 9.12. The van der Waals surface area contributed by atoms with Crippen LogP contribution in [0.25, 0.3) is 11.1 Å². The maximum Gasteiger partial charge on any atom is 0.405 e. The molecule has 0 saturated carbocycles. The van der Waals surface area contributed by atoms with Crippen LogP contribution in [0.5, 0.6) is 11.5 Å². The third-order valence-corrected chi connectivity index (χ3v) is 5.15. The van der Waals surface area contributed by atoms with Crippen molar-refractivity contribution in [3.8, 4) is 22.6 Å². The first-order valence-electron chi connectivity index (χ1n) is 8.31. The highest BCUT2D eigenvalue weighted by atomic mass is 35.5. The Labute approximate surface area is 157 Å². The zero-order valence-corrected chi connectivity index (χ0v) is 16.0. The molecule has 0 bridgehead atoms. The van der Waals surface area contributed by atoms with E-state index < -0.39 is 6.09 Å². The van der Waals surface area contributed by atoms with Crippen molar-refractivity contribution in [3.05, 3.63) is 46.5 Å². The molecule has 1 amide bonds. The van der Waals surface area contributed by atoms with Crippen molar-refractivity contribution >= 4 is 17.7 Å². The number of rotatable bonds is 4. The molecule has 0 saturated heterocycles. The second-order valence-electron chi connectivity index (χ2n) is 7.14. The number of hydrogen-bond acceptors (Lipinski definition) is 3. The number of nitrogens with one attached hydrogen (secondary N) is 1. The summed E-state index contributed by atoms with van der Waals surface area (Å²) in [5.74, 6) is 1.35. The molecule has 138 valence electrons. The molecule has 1 atom stereocenters. The Balaban J connectivity index is 2.18. The third kappa shape index (κ3) is 3.19. The van der Waals surface area contributed by atoms with Crippen molar-refractivity contribution in [2.24, 2.45) is 5.41 Å². The molecule has 0 aromatic heterocycles. The fourth-order valence-corrected chi connectivity index (χ4v) is 3.91. The quantitative estimate of drug-likeness (QED) is 0.796. The highest BCUT2D eigenvalue weighted by molar-refractivity contribution is 6.31. The van der Waals surface area contributed by atoms with Gasteiger partial charge in [0.15, 0.2) is 0 Å². The summed E-state index contributed by atoms with van der Waals surface area (Å²) in [5, 5.41) is 12.5. The van der Waals surface area contributed by atoms with E-state index in [-0.39, 0.29) is 11.5 Å². The van der Waals surface area contributed by atoms with Crippen molar-refractivity contribution in [3.63, 3.8) is 0 Å². The summed E-state index contributed by atoms with van der Waals surface area (Å²) in [6.45, 7) is 4.11. The average molecular weight is 376 g/mol. The highest BCUT2D eigenvalue weighted by Crippen LogP contribution is 2.49. The minimum absolute atomic E-state index is 0.233. The molecule has 0 spiro atoms. The zero-order chi connectivity index (χ0) is 19.1. The van der Waals surface area contributed by atoms with Gasteiger partial charge in [-0.15, -0.1) is 0 Å². The van der Waals surface area contributed by atoms with Crippen LogP contribution in [0.1, 0.15) is 31.0 Å². The van der Waals surface area contributed by atoms with Gasteiger partial charge in [-0.25, -0.2) is 4.79 Å². The molecule has 5 nitrogen and oxygen atoms in total. The molecule has 0 radical (unpaired) electrons. The van der Waals surface area contributed by atoms with Crippen molar-refractivity contribution in [1.82, 2.24) is 5.32 Å². The Kier molecular flexibility index (Phi) is 4.76. The molecule has 0 heterocycles. The van der Waals surface area contributed by atoms with Crippen LogP contribution in [0.2, 0.25) is 5.02 Å². The fourth-order valence-electron chi connectivity index (χ4n) is 3.74. The lowest BCUT2D eigenvalue weighted by Gasteiger charge is -2.27. The number of amides is 1. The molecule has 0 aliphatic heterocycles. The third-order valence-electron chi connectivity index (χ3n) is 4.92. The smallest absolute Gasteiger partial charge is 0.405 e. The van der Waals surface area contributed by atoms with Crippen LogP contribution >= 0.6 is 11.6 Å². The van der Waals surface area contributed by atoms with Gasteiger partial charge in [-0.1, -0.05) is 25.4 Å². The predicted molar refractivity (Wildman–Crippen MR) is 101 cm³/mol. The van der Waals surface area contributed by atoms with E-state index in [9.17, 15) is 9.90 Å². The van der Waals surface area contributed by atoms with Gasteiger partial charge in [0.1, 0.15) is 11.5 Å². The molecule has 2 aromatic rings. The van der Waals surface area contributed by atoms with E-state index in [0.29, 0.717) is 16.5 Å². The molecular formula is C20H22ClNO4. The van der Waals surface area contributed by atoms with Gasteiger partial charge >= 0.3 is 6.09 Å². The normalized spacial score (nSPS) is 17.5. The Hall–Kier alpha value is -2.40. The van der Waals surface area contributed by atoms with Crippen molar-refractivity contribution in [1.29, 1.82) is 0 Å². The molecule has 0 fully saturated rings. The van der Waals surface area contributed by atoms with Crippen LogP contribution in [-0.4, -0.2) is 25.4 Å². The van der Waals surface area contributed by atoms with Gasteiger partial charge in [-0.05, 0) is 53.3 Å². The minimum Gasteiger partial charge on any atom is -0.496 e. The molecule has 26 heavy (non-hydrogen) atoms. The number of benzene rings is 2. The summed E-state index contributed by atoms with van der Waals surface area (Å²) < 4.78 is 11.1. The number of hydrogen-bond donors (Lipinski definition) is 2. The number of carboxylic acid groups (broad SMARTS) is 1. The maximum atomic E-state index is 11.2. The SMILES string of the molecule is COc1ccc(Cl)cc1-c1cc2c(cc1OC)C(NC(=O)O)C(C)(C)C2. The van der Waals surface area contributed by atoms with Crippen molar-refractivity contribution in [2.45, 2.75) is 26.3 Å². The van der Waals surface area contributed by atoms with Crippen molar-refractivity contribution < 1.29 is 19.4 Å². The molecule has 1 aliphatic carbocycles. The second kappa shape index (κ2) is 6.72. The monoisotopic (exact) mass is 375 g/mol. The standard InChI is InChI=1S/C20H22ClNO4/c1-20(2)10-11-7-14(15-8-12(21)5-6-16(15)25-3)17(26-4)9-13(11)18(20)22-19(23)24/h5-9,18,22H,10H2,1-4H3,(H,23,24). The number of methoxy groups -OCH3 is 2. The lowest BCUT2D eigenvalue weighted by Crippen LogP contribution is -2.34. The fraction of sp³-hybridized carbons (Fsp3) is 0.350. The Morgan fingerprint density at radius 2 is 1.81 bits per heavy atom. The number of fused-ring (bicyclic) bond motifs is 1. The topological polar surface area (TPSA) is 67.8 Å². The summed E-state index contributed by atoms with van der Waals surface area (Å²) in [6.07, 6.45) is -0.275. The molecular weight excluding hydrogens is 354 g/mol. The van der Waals surface area contributed by atoms with Gasteiger partial charge < -0.3 is 19.9 Å². The zero-order valence-electron chi connectivity index (χ0n) is 15.2. The van der Waals surface area contributed by atoms with Gasteiger partial charge in [0.05, 0.1) is 20.3 Å². The van der Waals surface area contributed by atoms with Crippen molar-refractivity contribution in [2.75, 3.05) is 14.2 Å². The van der Waals surface area contributed by atoms with Gasteiger partial charge in [0, 0.05) is 16.1 Å². The van der Waals surface area contributed by atoms with Gasteiger partial charge in [0.25, 0.3) is 0 Å². The average Bonchev–Trinajstić information content (AvgIpc) is 2.82. The van der Waals surface area contributed by atoms with Gasteiger partial charge in [-0.3, -0.25) is 0 Å². The van der Waals surface area contributed by atoms with Crippen LogP contribution in [0.15, 0.2) is 30.3 Å². The summed E-state index contributed by atoms with van der Waals surface area (Å²) >= 11 is 6.19. The number of halogens is 1. The van der Waals surface area contributed by atoms with Gasteiger partial charge in [-0.2, -0.15) is 0 Å². The Morgan fingerprint density at radius 3 is 2.42 bits per heavy atom. The van der Waals surface area contributed by atoms with Crippen LogP contribution < -0.4 is 14.8 Å². The minimum atomic E-state index is -1.03. The van der Waals surface area contributed by atoms with E-state index in [1.807, 2.05) is 24.3 Å². The van der Waals surface area contributed by atoms with E-state index in [1.54, 1.807) is 20.3 Å². The lowest BCUT2D eigenvalue weighted by molar-refractivity contribution is 0.175. The van der Waals surface area contributed by atoms with Gasteiger partial charge in [0.2, 0.25) is 0 Å². The lowest BCUT2D eigenvalue weighted by atomic mass is 9.85. The maximum absolute atomic E-state index is 11.2. The van der Waals surface area contributed by atoms with Crippen LogP contribution in [0.3, 0.4) is 0 Å². The predicted octanol–water partition coefficient (Wildman–Crippen LogP) is 4.92. The molecule has 1 aliphatic rings. The van der Waals surface area contributed by atoms with E-state index in [1.165, 1.54) is 0 Å². The van der Waals surface area contributed by atoms with E-state index in [0.717, 1.165) is 28.7 Å². The summed E-state index contributed by atoms with van der Waals surface area (Å²) in [7, 11) is 3.21. The van der Waals surface area contributed by atoms with E-state index >= 15 is 0 Å². The number of carbonyl (C=O) groups is 1. The molecule has 2 N–H and O–H groups in total. The molecule has 2 aromatic carbocycles. The first-order valence-corrected chi connectivity index (χ1v) is 8.69. The summed E-state index contributed by atoms with van der Waals surface area (Å²) in [5.41, 5.74) is 3.51. The Bertz CT molecular complexity index is 863.